The van der Waals surface area contributed by atoms with Crippen molar-refractivity contribution >= 4 is 17.3 Å². The second kappa shape index (κ2) is 2.93. The summed E-state index contributed by atoms with van der Waals surface area (Å²) in [5, 5.41) is 0.703. The van der Waals surface area contributed by atoms with Crippen molar-refractivity contribution in [2.75, 3.05) is 5.73 Å². The fraction of sp³-hybridized carbons (Fsp3) is 0.250. The van der Waals surface area contributed by atoms with Crippen molar-refractivity contribution in [3.8, 4) is 0 Å². The van der Waals surface area contributed by atoms with Crippen molar-refractivity contribution in [2.45, 2.75) is 13.3 Å². The van der Waals surface area contributed by atoms with Crippen LogP contribution in [-0.4, -0.2) is 0 Å². The molecule has 0 radical (unpaired) electrons. The molecule has 10 heavy (non-hydrogen) atoms. The minimum absolute atomic E-state index is 0.703. The molecule has 0 saturated heterocycles. The molecule has 2 heteroatoms. The Hall–Kier alpha value is -0.690. The van der Waals surface area contributed by atoms with Gasteiger partial charge in [-0.1, -0.05) is 24.6 Å². The molecule has 2 N–H and O–H groups in total. The third-order valence-electron chi connectivity index (χ3n) is 1.49. The molecular weight excluding hydrogens is 146 g/mol. The lowest BCUT2D eigenvalue weighted by Crippen LogP contribution is -1.91. The fourth-order valence-corrected chi connectivity index (χ4v) is 1.07. The standard InChI is InChI=1S/C8H10ClN/c1-2-6-3-4-7(9)5-8(6)10/h3-5H,2,10H2,1H3. The number of halogens is 1. The highest BCUT2D eigenvalue weighted by molar-refractivity contribution is 6.30. The van der Waals surface area contributed by atoms with Gasteiger partial charge in [-0.15, -0.1) is 0 Å². The van der Waals surface area contributed by atoms with Crippen LogP contribution >= 0.6 is 11.6 Å². The van der Waals surface area contributed by atoms with Gasteiger partial charge in [0.2, 0.25) is 0 Å². The summed E-state index contributed by atoms with van der Waals surface area (Å²) < 4.78 is 0. The molecule has 0 fully saturated rings. The Kier molecular flexibility index (Phi) is 2.17. The average Bonchev–Trinajstić information content (AvgIpc) is 1.88. The molecule has 1 nitrogen and oxygen atoms in total. The summed E-state index contributed by atoms with van der Waals surface area (Å²) in [6.45, 7) is 2.07. The molecule has 0 aliphatic carbocycles. The first-order chi connectivity index (χ1) is 4.74. The van der Waals surface area contributed by atoms with Gasteiger partial charge in [-0.05, 0) is 24.1 Å². The summed E-state index contributed by atoms with van der Waals surface area (Å²) in [6, 6.07) is 5.59. The minimum Gasteiger partial charge on any atom is -0.398 e. The lowest BCUT2D eigenvalue weighted by molar-refractivity contribution is 1.14. The summed E-state index contributed by atoms with van der Waals surface area (Å²) in [5.41, 5.74) is 7.59. The number of hydrogen-bond donors (Lipinski definition) is 1. The highest BCUT2D eigenvalue weighted by Gasteiger charge is 1.95. The summed E-state index contributed by atoms with van der Waals surface area (Å²) in [6.07, 6.45) is 0.961. The maximum atomic E-state index is 5.69. The van der Waals surface area contributed by atoms with Gasteiger partial charge in [0.05, 0.1) is 0 Å². The first-order valence-electron chi connectivity index (χ1n) is 3.28. The highest BCUT2D eigenvalue weighted by Crippen LogP contribution is 2.17. The minimum atomic E-state index is 0.703. The molecule has 0 aromatic heterocycles. The molecule has 0 bridgehead atoms. The summed E-state index contributed by atoms with van der Waals surface area (Å²) in [7, 11) is 0. The Balaban J connectivity index is 3.07. The summed E-state index contributed by atoms with van der Waals surface area (Å²) in [5.74, 6) is 0. The third-order valence-corrected chi connectivity index (χ3v) is 1.72. The zero-order valence-corrected chi connectivity index (χ0v) is 6.65. The smallest absolute Gasteiger partial charge is 0.0426 e. The quantitative estimate of drug-likeness (QED) is 0.620. The molecule has 1 rings (SSSR count). The van der Waals surface area contributed by atoms with Gasteiger partial charge < -0.3 is 5.73 Å². The monoisotopic (exact) mass is 155 g/mol. The lowest BCUT2D eigenvalue weighted by atomic mass is 10.1. The van der Waals surface area contributed by atoms with E-state index in [1.165, 1.54) is 0 Å². The summed E-state index contributed by atoms with van der Waals surface area (Å²) in [4.78, 5) is 0. The lowest BCUT2D eigenvalue weighted by Gasteiger charge is -2.00. The van der Waals surface area contributed by atoms with Gasteiger partial charge in [0.1, 0.15) is 0 Å². The van der Waals surface area contributed by atoms with Gasteiger partial charge in [-0.3, -0.25) is 0 Å². The van der Waals surface area contributed by atoms with Crippen LogP contribution in [0, 0.1) is 0 Å². The van der Waals surface area contributed by atoms with E-state index in [1.54, 1.807) is 6.07 Å². The number of hydrogen-bond acceptors (Lipinski definition) is 1. The maximum absolute atomic E-state index is 5.69. The van der Waals surface area contributed by atoms with Crippen LogP contribution in [-0.2, 0) is 6.42 Å². The molecular formula is C8H10ClN. The molecule has 0 saturated carbocycles. The molecule has 1 aromatic rings. The number of benzene rings is 1. The van der Waals surface area contributed by atoms with Gasteiger partial charge in [-0.25, -0.2) is 0 Å². The van der Waals surface area contributed by atoms with Crippen molar-refractivity contribution < 1.29 is 0 Å². The molecule has 0 spiro atoms. The topological polar surface area (TPSA) is 26.0 Å². The second-order valence-electron chi connectivity index (χ2n) is 2.20. The number of rotatable bonds is 1. The second-order valence-corrected chi connectivity index (χ2v) is 2.63. The Morgan fingerprint density at radius 3 is 2.70 bits per heavy atom. The molecule has 0 atom stereocenters. The highest BCUT2D eigenvalue weighted by atomic mass is 35.5. The first kappa shape index (κ1) is 7.42. The first-order valence-corrected chi connectivity index (χ1v) is 3.65. The SMILES string of the molecule is CCc1ccc(Cl)cc1N. The van der Waals surface area contributed by atoms with Crippen LogP contribution in [0.5, 0.6) is 0 Å². The molecule has 0 aliphatic rings. The van der Waals surface area contributed by atoms with Gasteiger partial charge in [0.25, 0.3) is 0 Å². The van der Waals surface area contributed by atoms with Crippen LogP contribution in [0.4, 0.5) is 5.69 Å². The van der Waals surface area contributed by atoms with E-state index in [4.69, 9.17) is 17.3 Å². The Labute approximate surface area is 65.8 Å². The molecule has 54 valence electrons. The van der Waals surface area contributed by atoms with Crippen molar-refractivity contribution in [2.24, 2.45) is 0 Å². The van der Waals surface area contributed by atoms with Gasteiger partial charge in [0, 0.05) is 10.7 Å². The van der Waals surface area contributed by atoms with E-state index in [1.807, 2.05) is 12.1 Å². The van der Waals surface area contributed by atoms with E-state index in [0.717, 1.165) is 17.7 Å². The average molecular weight is 156 g/mol. The number of nitrogen functional groups attached to an aromatic ring is 1. The van der Waals surface area contributed by atoms with Crippen molar-refractivity contribution in [1.82, 2.24) is 0 Å². The zero-order valence-electron chi connectivity index (χ0n) is 5.89. The van der Waals surface area contributed by atoms with Crippen LogP contribution in [0.25, 0.3) is 0 Å². The molecule has 0 aliphatic heterocycles. The molecule has 1 aromatic carbocycles. The van der Waals surface area contributed by atoms with Gasteiger partial charge in [0.15, 0.2) is 0 Å². The van der Waals surface area contributed by atoms with Crippen molar-refractivity contribution in [3.63, 3.8) is 0 Å². The van der Waals surface area contributed by atoms with E-state index >= 15 is 0 Å². The van der Waals surface area contributed by atoms with Crippen LogP contribution < -0.4 is 5.73 Å². The normalized spacial score (nSPS) is 9.80. The largest absolute Gasteiger partial charge is 0.398 e. The van der Waals surface area contributed by atoms with E-state index in [9.17, 15) is 0 Å². The number of nitrogens with two attached hydrogens (primary N) is 1. The van der Waals surface area contributed by atoms with E-state index in [-0.39, 0.29) is 0 Å². The Morgan fingerprint density at radius 1 is 1.50 bits per heavy atom. The summed E-state index contributed by atoms with van der Waals surface area (Å²) >= 11 is 5.69. The third kappa shape index (κ3) is 1.42. The van der Waals surface area contributed by atoms with Crippen molar-refractivity contribution in [3.05, 3.63) is 28.8 Å². The predicted molar refractivity (Wildman–Crippen MR) is 45.2 cm³/mol. The van der Waals surface area contributed by atoms with Gasteiger partial charge in [-0.2, -0.15) is 0 Å². The Bertz CT molecular complexity index is 233. The zero-order chi connectivity index (χ0) is 7.56. The fourth-order valence-electron chi connectivity index (χ4n) is 0.888. The number of anilines is 1. The van der Waals surface area contributed by atoms with Crippen LogP contribution in [0.15, 0.2) is 18.2 Å². The van der Waals surface area contributed by atoms with E-state index < -0.39 is 0 Å². The van der Waals surface area contributed by atoms with Crippen LogP contribution in [0.2, 0.25) is 5.02 Å². The van der Waals surface area contributed by atoms with Crippen LogP contribution in [0.1, 0.15) is 12.5 Å². The molecule has 0 amide bonds. The predicted octanol–water partition coefficient (Wildman–Crippen LogP) is 2.48. The van der Waals surface area contributed by atoms with E-state index in [0.29, 0.717) is 5.02 Å². The van der Waals surface area contributed by atoms with E-state index in [2.05, 4.69) is 6.92 Å². The molecule has 0 unspecified atom stereocenters. The maximum Gasteiger partial charge on any atom is 0.0426 e. The van der Waals surface area contributed by atoms with Crippen molar-refractivity contribution in [1.29, 1.82) is 0 Å². The molecule has 0 heterocycles. The van der Waals surface area contributed by atoms with Gasteiger partial charge >= 0.3 is 0 Å². The van der Waals surface area contributed by atoms with Crippen LogP contribution in [0.3, 0.4) is 0 Å². The Morgan fingerprint density at radius 2 is 2.20 bits per heavy atom. The number of aryl methyl sites for hydroxylation is 1.